The molecule has 8 saturated heterocycles. The second kappa shape index (κ2) is 31.5. The molecule has 15 heterocycles. The van der Waals surface area contributed by atoms with Crippen LogP contribution in [0.15, 0.2) is 63.1 Å². The van der Waals surface area contributed by atoms with Crippen molar-refractivity contribution in [2.45, 2.75) is 202 Å². The minimum absolute atomic E-state index is 0.000256. The van der Waals surface area contributed by atoms with Gasteiger partial charge in [0.05, 0.1) is 69.6 Å². The van der Waals surface area contributed by atoms with Gasteiger partial charge in [0.2, 0.25) is 0 Å². The van der Waals surface area contributed by atoms with Gasteiger partial charge in [0.25, 0.3) is 5.56 Å². The zero-order valence-electron chi connectivity index (χ0n) is 62.1. The summed E-state index contributed by atoms with van der Waals surface area (Å²) in [4.78, 5) is 137. The van der Waals surface area contributed by atoms with E-state index in [2.05, 4.69) is 57.1 Å². The summed E-state index contributed by atoms with van der Waals surface area (Å²) in [5.74, 6) is -0.0607. The van der Waals surface area contributed by atoms with E-state index in [4.69, 9.17) is 153 Å². The zero-order valence-corrected chi connectivity index (χ0v) is 70.7. The summed E-state index contributed by atoms with van der Waals surface area (Å²) in [5.41, 5.74) is 17.6. The third kappa shape index (κ3) is 16.0. The Bertz CT molecular complexity index is 5490. The van der Waals surface area contributed by atoms with Gasteiger partial charge in [-0.15, -0.1) is 0 Å². The van der Waals surface area contributed by atoms with E-state index in [-0.39, 0.29) is 64.3 Å². The Morgan fingerprint density at radius 3 is 1.48 bits per heavy atom. The van der Waals surface area contributed by atoms with Gasteiger partial charge in [-0.3, -0.25) is 50.7 Å². The van der Waals surface area contributed by atoms with Crippen LogP contribution in [0.5, 0.6) is 0 Å². The molecular weight excluding hydrogens is 1720 g/mol. The molecule has 0 amide bonds. The van der Waals surface area contributed by atoms with Crippen LogP contribution in [0.1, 0.15) is 102 Å². The van der Waals surface area contributed by atoms with Gasteiger partial charge in [-0.25, -0.2) is 48.9 Å². The molecule has 0 radical (unpaired) electrons. The largest absolute Gasteiger partial charge is 0.386 e. The van der Waals surface area contributed by atoms with Crippen LogP contribution in [-0.2, 0) is 135 Å². The van der Waals surface area contributed by atoms with E-state index >= 15 is 4.57 Å². The Morgan fingerprint density at radius 2 is 0.965 bits per heavy atom. The predicted octanol–water partition coefficient (Wildman–Crippen LogP) is 2.31. The average Bonchev–Trinajstić information content (AvgIpc) is 1.56. The van der Waals surface area contributed by atoms with Gasteiger partial charge >= 0.3 is 50.7 Å². The first kappa shape index (κ1) is 85.0. The molecule has 628 valence electrons. The van der Waals surface area contributed by atoms with E-state index < -0.39 is 210 Å². The van der Waals surface area contributed by atoms with E-state index in [0.717, 1.165) is 16.2 Å². The van der Waals surface area contributed by atoms with Crippen LogP contribution >= 0.6 is 45.9 Å². The second-order valence-electron chi connectivity index (χ2n) is 29.1. The topological polar surface area (TPSA) is 580 Å². The highest BCUT2D eigenvalue weighted by Gasteiger charge is 2.72. The number of hydrogen-bond donors (Lipinski definition) is 10. The molecule has 8 unspecified atom stereocenters. The number of thiol groups is 1. The van der Waals surface area contributed by atoms with Crippen molar-refractivity contribution in [3.8, 4) is 0 Å². The quantitative estimate of drug-likeness (QED) is 0.0228. The number of aryl methyl sites for hydroxylation is 3. The summed E-state index contributed by atoms with van der Waals surface area (Å²) in [7, 11) is 1.16. The summed E-state index contributed by atoms with van der Waals surface area (Å²) in [6.07, 6.45) is -12.9. The number of rotatable bonds is 30. The highest BCUT2D eigenvalue weighted by molar-refractivity contribution is 8.44. The fourth-order valence-corrected chi connectivity index (χ4v) is 22.5. The molecule has 0 saturated carbocycles. The normalized spacial score (nSPS) is 34.8. The lowest BCUT2D eigenvalue weighted by atomic mass is 9.85. The molecule has 55 heteroatoms. The van der Waals surface area contributed by atoms with Gasteiger partial charge in [-0.05, 0) is 101 Å². The first-order chi connectivity index (χ1) is 54.0. The molecule has 26 atom stereocenters. The summed E-state index contributed by atoms with van der Waals surface area (Å²) >= 11 is 27.0. The molecular formula is C60H81N18O27P5S5. The maximum Gasteiger partial charge on any atom is 0.386 e. The summed E-state index contributed by atoms with van der Waals surface area (Å²) < 4.78 is 136. The van der Waals surface area contributed by atoms with Crippen LogP contribution < -0.4 is 45.6 Å². The number of nitrogens with zero attached hydrogens (tertiary/aromatic N) is 13. The van der Waals surface area contributed by atoms with E-state index in [9.17, 15) is 38.8 Å². The highest BCUT2D eigenvalue weighted by Crippen LogP contribution is 2.66. The summed E-state index contributed by atoms with van der Waals surface area (Å²) in [6, 6.07) is 0. The SMILES string of the molecule is COP(O)(=S)O[C@@H]1C[C@H](n2cnc3c(N)ncnc32)O[C@@H]1COP(O)(=S)O[C@@H]1C[C@H](n2cc(C)c(=O)[nH]c2=O)O[C@@H]1COP(O)(=S)O[C@@H]1C2O[C@@H](C)[C@]1(COP(=O)(S)O[C@@H]1C3O[C@@H](C)[C@]1(COP(O)(=S)O[C@@H]1C4O[C@@H](C)[C@]1(CC(C)C)O[C@H]4n1cc(C)c(N)nc1=O)O[C@H]3n1cc(C)c(N)nc1=O)O[C@H]2n1cnc2c(N)ncnc21. The Labute approximate surface area is 676 Å². The number of aromatic amines is 1. The van der Waals surface area contributed by atoms with Crippen LogP contribution in [0.4, 0.5) is 23.3 Å². The van der Waals surface area contributed by atoms with Crippen molar-refractivity contribution in [1.82, 2.24) is 67.7 Å². The van der Waals surface area contributed by atoms with Crippen molar-refractivity contribution in [3.05, 3.63) is 102 Å². The maximum absolute atomic E-state index is 15.5. The van der Waals surface area contributed by atoms with Crippen molar-refractivity contribution in [2.75, 3.05) is 56.5 Å². The lowest BCUT2D eigenvalue weighted by molar-refractivity contribution is -0.217. The molecule has 7 aromatic rings. The molecule has 0 aliphatic carbocycles. The van der Waals surface area contributed by atoms with Gasteiger partial charge < -0.3 is 108 Å². The minimum atomic E-state index is -4.97. The lowest BCUT2D eigenvalue weighted by Gasteiger charge is -2.39. The van der Waals surface area contributed by atoms with Crippen molar-refractivity contribution < 1.29 is 107 Å². The van der Waals surface area contributed by atoms with Crippen molar-refractivity contribution in [3.63, 3.8) is 0 Å². The second-order valence-corrected chi connectivity index (χ2v) is 43.3. The van der Waals surface area contributed by atoms with E-state index in [1.165, 1.54) is 60.0 Å². The van der Waals surface area contributed by atoms with Crippen molar-refractivity contribution in [1.29, 1.82) is 0 Å². The fourth-order valence-electron chi connectivity index (χ4n) is 15.7. The Balaban J connectivity index is 0.691. The molecule has 15 rings (SSSR count). The van der Waals surface area contributed by atoms with Crippen LogP contribution in [-0.4, -0.2) is 217 Å². The summed E-state index contributed by atoms with van der Waals surface area (Å²) in [6.45, 7) is -12.2. The third-order valence-corrected chi connectivity index (χ3v) is 29.3. The Kier molecular flexibility index (Phi) is 23.3. The van der Waals surface area contributed by atoms with Crippen LogP contribution in [0.2, 0.25) is 0 Å². The Morgan fingerprint density at radius 1 is 0.548 bits per heavy atom. The van der Waals surface area contributed by atoms with Crippen LogP contribution in [0, 0.1) is 26.7 Å². The number of anilines is 4. The summed E-state index contributed by atoms with van der Waals surface area (Å²) in [5, 5.41) is 0. The van der Waals surface area contributed by atoms with Gasteiger partial charge in [0.1, 0.15) is 113 Å². The van der Waals surface area contributed by atoms with Crippen LogP contribution in [0.25, 0.3) is 22.3 Å². The van der Waals surface area contributed by atoms with Gasteiger partial charge in [0.15, 0.2) is 41.6 Å². The Hall–Kier alpha value is -4.96. The fraction of sp³-hybridized carbons (Fsp3) is 0.633. The number of aromatic nitrogens is 14. The highest BCUT2D eigenvalue weighted by atomic mass is 32.7. The number of fused-ring (bicyclic) bond motifs is 8. The first-order valence-corrected chi connectivity index (χ1v) is 48.5. The monoisotopic (exact) mass is 1800 g/mol. The smallest absolute Gasteiger partial charge is 0.383 e. The molecule has 0 aromatic carbocycles. The number of H-pyrrole nitrogens is 1. The van der Waals surface area contributed by atoms with Crippen LogP contribution in [0.3, 0.4) is 0 Å². The predicted molar refractivity (Wildman–Crippen MR) is 417 cm³/mol. The zero-order chi connectivity index (χ0) is 82.5. The molecule has 0 spiro atoms. The number of ether oxygens (including phenoxy) is 8. The van der Waals surface area contributed by atoms with Gasteiger partial charge in [0, 0.05) is 55.2 Å². The number of imidazole rings is 2. The van der Waals surface area contributed by atoms with E-state index in [1.807, 2.05) is 13.8 Å². The molecule has 13 N–H and O–H groups in total. The van der Waals surface area contributed by atoms with Crippen molar-refractivity contribution in [2.24, 2.45) is 5.92 Å². The molecule has 7 aromatic heterocycles. The van der Waals surface area contributed by atoms with E-state index in [0.29, 0.717) is 23.2 Å². The molecule has 6 bridgehead atoms. The average molecular weight is 1800 g/mol. The number of nitrogens with two attached hydrogens (primary N) is 4. The lowest BCUT2D eigenvalue weighted by Crippen LogP contribution is -2.51. The molecule has 8 aliphatic rings. The number of nitrogens with one attached hydrogen (secondary N) is 1. The first-order valence-electron chi connectivity index (χ1n) is 35.4. The minimum Gasteiger partial charge on any atom is -0.383 e. The van der Waals surface area contributed by atoms with Gasteiger partial charge in [-0.2, -0.15) is 9.97 Å². The third-order valence-electron chi connectivity index (χ3n) is 21.4. The standard InChI is InChI=1S/C60H81N18O27P5S5/c1-24(2)12-58-28(6)93-39(52(98-58)75-13-25(3)45(61)71-55(75)80)42(58)103-109(86,114)91-18-59-29(7)94-40(53(99-59)76-14-26(4)46(62)72-56(76)81)43(59)105-110(87,115)92-19-60-30(8)95-41(54(100-60)78-23-70-38-48(64)66-21-68-50(38)78)44(60)104-108(85,113)90-17-34-32(10-35(96-34)74-15-27(5)51(79)73-57(74)82)102-107(84,112)89-16-33-31(101-106(83,111)88-9)11-36(97-33)77-22-69-37-47(63)65-20-67-49(37)77/h13-15,20-24,28-36,39-44,52-54H,10-12,16-19H2,1-9H3,(H,83,111)(H,84,112)(H,85,113)(H,86,114)(H,87,115)(H2,61,71,80)(H2,62,72,81)(H2,63,65,67)(H2,64,66,68)(H,73,79,82)/t28-,29-,30-,31+,32+,33+,34+,35+,36+,39?,40?,41?,42+,43+,44+,52+,53+,54+,58-,59-,60-,106?,107?,108?,109?,110?/m0/s1. The maximum atomic E-state index is 15.5. The molecule has 115 heavy (non-hydrogen) atoms. The molecule has 8 fully saturated rings. The van der Waals surface area contributed by atoms with E-state index in [1.54, 1.807) is 39.2 Å². The number of nitrogen functional groups attached to an aromatic ring is 4. The number of hydrogen-bond acceptors (Lipinski definition) is 39. The van der Waals surface area contributed by atoms with Gasteiger partial charge in [-0.1, -0.05) is 26.1 Å². The molecule has 8 aliphatic heterocycles. The molecule has 45 nitrogen and oxygen atoms in total. The van der Waals surface area contributed by atoms with Crippen molar-refractivity contribution >= 4 is 139 Å².